The maximum atomic E-state index is 10.7. The van der Waals surface area contributed by atoms with E-state index in [0.717, 1.165) is 0 Å². The van der Waals surface area contributed by atoms with Crippen molar-refractivity contribution in [3.8, 4) is 0 Å². The highest BCUT2D eigenvalue weighted by atomic mass is 16.5. The van der Waals surface area contributed by atoms with Gasteiger partial charge in [-0.15, -0.1) is 0 Å². The van der Waals surface area contributed by atoms with Crippen molar-refractivity contribution in [2.75, 3.05) is 7.11 Å². The Morgan fingerprint density at radius 1 is 1.36 bits per heavy atom. The molecule has 0 aliphatic rings. The van der Waals surface area contributed by atoms with Crippen molar-refractivity contribution in [1.29, 1.82) is 0 Å². The highest BCUT2D eigenvalue weighted by Gasteiger charge is 2.10. The number of hydrogen-bond acceptors (Lipinski definition) is 3. The molecule has 0 saturated carbocycles. The van der Waals surface area contributed by atoms with E-state index >= 15 is 0 Å². The Balaban J connectivity index is 3.60. The Labute approximate surface area is 66.7 Å². The normalized spacial score (nSPS) is 12.3. The first kappa shape index (κ1) is 10.1. The number of methoxy groups -OCH3 is 1. The predicted molar refractivity (Wildman–Crippen MR) is 41.1 cm³/mol. The van der Waals surface area contributed by atoms with Crippen LogP contribution in [0, 0.1) is 5.92 Å². The van der Waals surface area contributed by atoms with Gasteiger partial charge in [-0.3, -0.25) is 4.79 Å². The molecule has 0 aromatic heterocycles. The SMILES string of the molecule is COC(=O)CC(C)CC([13CH3])=O. The van der Waals surface area contributed by atoms with E-state index in [4.69, 9.17) is 0 Å². The summed E-state index contributed by atoms with van der Waals surface area (Å²) in [5, 5.41) is 0. The van der Waals surface area contributed by atoms with Crippen molar-refractivity contribution in [1.82, 2.24) is 0 Å². The van der Waals surface area contributed by atoms with Gasteiger partial charge in [-0.25, -0.2) is 0 Å². The lowest BCUT2D eigenvalue weighted by molar-refractivity contribution is -0.141. The minimum absolute atomic E-state index is 0.0972. The summed E-state index contributed by atoms with van der Waals surface area (Å²) in [6, 6.07) is 0. The molecule has 1 atom stereocenters. The largest absolute Gasteiger partial charge is 0.469 e. The standard InChI is InChI=1S/C8H14O3/c1-6(4-7(2)9)5-8(10)11-3/h6H,4-5H2,1-3H3/i2+1. The molecule has 0 heterocycles. The molecule has 0 aromatic carbocycles. The smallest absolute Gasteiger partial charge is 0.305 e. The first-order chi connectivity index (χ1) is 5.06. The van der Waals surface area contributed by atoms with Crippen LogP contribution in [0.2, 0.25) is 0 Å². The first-order valence-electron chi connectivity index (χ1n) is 3.62. The molecular formula is C8H14O3. The Morgan fingerprint density at radius 2 is 1.91 bits per heavy atom. The van der Waals surface area contributed by atoms with Gasteiger partial charge >= 0.3 is 5.97 Å². The first-order valence-corrected chi connectivity index (χ1v) is 3.62. The third-order valence-corrected chi connectivity index (χ3v) is 1.38. The fourth-order valence-corrected chi connectivity index (χ4v) is 0.931. The number of ether oxygens (including phenoxy) is 1. The van der Waals surface area contributed by atoms with Crippen LogP contribution in [-0.2, 0) is 14.3 Å². The van der Waals surface area contributed by atoms with E-state index in [1.807, 2.05) is 6.92 Å². The molecule has 0 fully saturated rings. The van der Waals surface area contributed by atoms with Crippen molar-refractivity contribution in [3.05, 3.63) is 0 Å². The lowest BCUT2D eigenvalue weighted by Gasteiger charge is -2.05. The number of hydrogen-bond donors (Lipinski definition) is 0. The molecule has 0 radical (unpaired) electrons. The lowest BCUT2D eigenvalue weighted by Crippen LogP contribution is -2.09. The fourth-order valence-electron chi connectivity index (χ4n) is 0.931. The number of ketones is 1. The number of Topliss-reactive ketones (excluding diaryl/α,β-unsaturated/α-hetero) is 1. The molecule has 0 N–H and O–H groups in total. The monoisotopic (exact) mass is 159 g/mol. The minimum Gasteiger partial charge on any atom is -0.469 e. The summed E-state index contributed by atoms with van der Waals surface area (Å²) in [4.78, 5) is 21.2. The van der Waals surface area contributed by atoms with Gasteiger partial charge in [-0.1, -0.05) is 6.92 Å². The molecule has 64 valence electrons. The topological polar surface area (TPSA) is 43.4 Å². The van der Waals surface area contributed by atoms with Crippen LogP contribution in [0.4, 0.5) is 0 Å². The summed E-state index contributed by atoms with van der Waals surface area (Å²) in [6.45, 7) is 3.38. The van der Waals surface area contributed by atoms with E-state index in [9.17, 15) is 9.59 Å². The summed E-state index contributed by atoms with van der Waals surface area (Å²) >= 11 is 0. The molecule has 11 heavy (non-hydrogen) atoms. The van der Waals surface area contributed by atoms with Gasteiger partial charge in [-0.2, -0.15) is 0 Å². The average Bonchev–Trinajstić information content (AvgIpc) is 1.85. The molecule has 0 aliphatic carbocycles. The van der Waals surface area contributed by atoms with Gasteiger partial charge in [0, 0.05) is 12.8 Å². The second kappa shape index (κ2) is 4.88. The van der Waals surface area contributed by atoms with Gasteiger partial charge < -0.3 is 9.53 Å². The van der Waals surface area contributed by atoms with Crippen LogP contribution in [0.5, 0.6) is 0 Å². The van der Waals surface area contributed by atoms with Gasteiger partial charge in [0.15, 0.2) is 0 Å². The Bertz CT molecular complexity index is 151. The zero-order chi connectivity index (χ0) is 8.85. The van der Waals surface area contributed by atoms with Crippen molar-refractivity contribution < 1.29 is 14.3 Å². The molecule has 0 bridgehead atoms. The number of rotatable bonds is 4. The summed E-state index contributed by atoms with van der Waals surface area (Å²) in [7, 11) is 1.35. The molecule has 1 unspecified atom stereocenters. The fraction of sp³-hybridized carbons (Fsp3) is 0.750. The summed E-state index contributed by atoms with van der Waals surface area (Å²) in [5.41, 5.74) is 0. The number of esters is 1. The maximum Gasteiger partial charge on any atom is 0.305 e. The predicted octanol–water partition coefficient (Wildman–Crippen LogP) is 1.16. The van der Waals surface area contributed by atoms with Gasteiger partial charge in [0.05, 0.1) is 7.11 Å². The molecule has 3 nitrogen and oxygen atoms in total. The van der Waals surface area contributed by atoms with Crippen LogP contribution in [0.3, 0.4) is 0 Å². The summed E-state index contributed by atoms with van der Waals surface area (Å²) in [5.74, 6) is -0.0416. The second-order valence-corrected chi connectivity index (χ2v) is 2.79. The zero-order valence-electron chi connectivity index (χ0n) is 7.22. The van der Waals surface area contributed by atoms with Gasteiger partial charge in [0.25, 0.3) is 0 Å². The quantitative estimate of drug-likeness (QED) is 0.456. The van der Waals surface area contributed by atoms with E-state index < -0.39 is 0 Å². The van der Waals surface area contributed by atoms with Crippen LogP contribution in [0.25, 0.3) is 0 Å². The van der Waals surface area contributed by atoms with Gasteiger partial charge in [0.1, 0.15) is 5.78 Å². The van der Waals surface area contributed by atoms with Gasteiger partial charge in [0.2, 0.25) is 0 Å². The maximum absolute atomic E-state index is 10.7. The van der Waals surface area contributed by atoms with E-state index in [2.05, 4.69) is 4.74 Å². The average molecular weight is 159 g/mol. The van der Waals surface area contributed by atoms with Crippen LogP contribution in [-0.4, -0.2) is 18.9 Å². The number of carbonyl (C=O) groups is 2. The van der Waals surface area contributed by atoms with Crippen LogP contribution >= 0.6 is 0 Å². The molecule has 0 aromatic rings. The lowest BCUT2D eigenvalue weighted by atomic mass is 10.0. The van der Waals surface area contributed by atoms with Crippen molar-refractivity contribution >= 4 is 11.8 Å². The number of carbonyl (C=O) groups excluding carboxylic acids is 2. The molecule has 0 aliphatic heterocycles. The highest BCUT2D eigenvalue weighted by Crippen LogP contribution is 2.08. The summed E-state index contributed by atoms with van der Waals surface area (Å²) < 4.78 is 4.45. The van der Waals surface area contributed by atoms with E-state index in [1.54, 1.807) is 0 Å². The Kier molecular flexibility index (Phi) is 4.50. The molecule has 0 spiro atoms. The van der Waals surface area contributed by atoms with Gasteiger partial charge in [-0.05, 0) is 12.8 Å². The Hall–Kier alpha value is -0.860. The van der Waals surface area contributed by atoms with E-state index in [-0.39, 0.29) is 17.7 Å². The second-order valence-electron chi connectivity index (χ2n) is 2.79. The molecule has 0 saturated heterocycles. The Morgan fingerprint density at radius 3 is 2.27 bits per heavy atom. The zero-order valence-corrected chi connectivity index (χ0v) is 7.22. The van der Waals surface area contributed by atoms with Crippen molar-refractivity contribution in [2.24, 2.45) is 5.92 Å². The van der Waals surface area contributed by atoms with Crippen molar-refractivity contribution in [3.63, 3.8) is 0 Å². The molecule has 3 heteroatoms. The van der Waals surface area contributed by atoms with Crippen LogP contribution in [0.1, 0.15) is 26.7 Å². The van der Waals surface area contributed by atoms with E-state index in [1.165, 1.54) is 14.0 Å². The highest BCUT2D eigenvalue weighted by molar-refractivity contribution is 5.77. The van der Waals surface area contributed by atoms with E-state index in [0.29, 0.717) is 12.8 Å². The molecule has 0 amide bonds. The third-order valence-electron chi connectivity index (χ3n) is 1.38. The molecular weight excluding hydrogens is 145 g/mol. The third kappa shape index (κ3) is 5.58. The van der Waals surface area contributed by atoms with Crippen LogP contribution < -0.4 is 0 Å². The molecule has 0 rings (SSSR count). The van der Waals surface area contributed by atoms with Crippen molar-refractivity contribution in [2.45, 2.75) is 26.7 Å². The van der Waals surface area contributed by atoms with Crippen LogP contribution in [0.15, 0.2) is 0 Å². The summed E-state index contributed by atoms with van der Waals surface area (Å²) in [6.07, 6.45) is 0.783. The minimum atomic E-state index is -0.251.